The number of rotatable bonds is 4. The van der Waals surface area contributed by atoms with Crippen LogP contribution in [0.25, 0.3) is 5.82 Å². The molecule has 1 aliphatic rings. The molecule has 0 saturated carbocycles. The van der Waals surface area contributed by atoms with Crippen LogP contribution in [0.4, 0.5) is 0 Å². The molecular formula is C22H25N5S. The maximum Gasteiger partial charge on any atom is 0.170 e. The number of aryl methyl sites for hydroxylation is 1. The molecule has 2 atom stereocenters. The Hall–Kier alpha value is -2.73. The van der Waals surface area contributed by atoms with Crippen molar-refractivity contribution >= 4 is 17.3 Å². The van der Waals surface area contributed by atoms with Gasteiger partial charge in [-0.2, -0.15) is 0 Å². The fourth-order valence-corrected chi connectivity index (χ4v) is 4.63. The van der Waals surface area contributed by atoms with E-state index in [2.05, 4.69) is 64.6 Å². The largest absolute Gasteiger partial charge is 0.352 e. The zero-order chi connectivity index (χ0) is 19.8. The summed E-state index contributed by atoms with van der Waals surface area (Å²) in [5.74, 6) is 0.933. The minimum atomic E-state index is 0.00813. The Labute approximate surface area is 171 Å². The third-order valence-corrected chi connectivity index (χ3v) is 5.69. The average molecular weight is 392 g/mol. The summed E-state index contributed by atoms with van der Waals surface area (Å²) in [4.78, 5) is 11.5. The number of pyridine rings is 2. The van der Waals surface area contributed by atoms with Crippen molar-refractivity contribution in [3.63, 3.8) is 0 Å². The highest BCUT2D eigenvalue weighted by atomic mass is 32.1. The molecule has 0 bridgehead atoms. The van der Waals surface area contributed by atoms with E-state index in [1.165, 1.54) is 11.3 Å². The lowest BCUT2D eigenvalue weighted by Gasteiger charge is -2.31. The van der Waals surface area contributed by atoms with E-state index in [1.54, 1.807) is 0 Å². The normalized spacial score (nSPS) is 19.3. The van der Waals surface area contributed by atoms with Crippen LogP contribution in [-0.2, 0) is 0 Å². The molecule has 0 aliphatic carbocycles. The van der Waals surface area contributed by atoms with Crippen LogP contribution in [0.3, 0.4) is 0 Å². The van der Waals surface area contributed by atoms with Crippen LogP contribution < -0.4 is 5.32 Å². The van der Waals surface area contributed by atoms with Gasteiger partial charge in [0.2, 0.25) is 0 Å². The highest BCUT2D eigenvalue weighted by Crippen LogP contribution is 2.42. The van der Waals surface area contributed by atoms with Crippen LogP contribution in [-0.4, -0.2) is 30.6 Å². The Morgan fingerprint density at radius 3 is 2.36 bits per heavy atom. The zero-order valence-electron chi connectivity index (χ0n) is 16.6. The highest BCUT2D eigenvalue weighted by Gasteiger charge is 2.42. The van der Waals surface area contributed by atoms with E-state index in [0.29, 0.717) is 0 Å². The van der Waals surface area contributed by atoms with Crippen LogP contribution >= 0.6 is 12.2 Å². The summed E-state index contributed by atoms with van der Waals surface area (Å²) in [6.45, 7) is 8.65. The van der Waals surface area contributed by atoms with Crippen molar-refractivity contribution in [3.8, 4) is 5.82 Å². The van der Waals surface area contributed by atoms with E-state index >= 15 is 0 Å². The van der Waals surface area contributed by atoms with Crippen molar-refractivity contribution in [3.05, 3.63) is 77.5 Å². The van der Waals surface area contributed by atoms with Crippen molar-refractivity contribution < 1.29 is 0 Å². The molecule has 144 valence electrons. The third kappa shape index (κ3) is 3.07. The third-order valence-electron chi connectivity index (χ3n) is 5.36. The van der Waals surface area contributed by atoms with Gasteiger partial charge >= 0.3 is 0 Å². The summed E-state index contributed by atoms with van der Waals surface area (Å²) in [5.41, 5.74) is 4.59. The van der Waals surface area contributed by atoms with E-state index in [4.69, 9.17) is 12.2 Å². The summed E-state index contributed by atoms with van der Waals surface area (Å²) < 4.78 is 2.21. The maximum atomic E-state index is 5.72. The quantitative estimate of drug-likeness (QED) is 0.673. The average Bonchev–Trinajstić information content (AvgIpc) is 3.19. The van der Waals surface area contributed by atoms with Crippen LogP contribution in [0, 0.1) is 13.8 Å². The molecule has 3 aromatic heterocycles. The molecule has 0 radical (unpaired) electrons. The summed E-state index contributed by atoms with van der Waals surface area (Å²) >= 11 is 5.72. The van der Waals surface area contributed by atoms with Crippen molar-refractivity contribution in [2.75, 3.05) is 0 Å². The number of thiocarbonyl (C=S) groups is 1. The number of hydrogen-bond donors (Lipinski definition) is 1. The molecule has 3 aromatic rings. The van der Waals surface area contributed by atoms with E-state index in [0.717, 1.165) is 22.3 Å². The molecule has 4 rings (SSSR count). The van der Waals surface area contributed by atoms with Gasteiger partial charge in [0.15, 0.2) is 5.11 Å². The van der Waals surface area contributed by atoms with Crippen LogP contribution in [0.15, 0.2) is 54.9 Å². The topological polar surface area (TPSA) is 46.0 Å². The predicted octanol–water partition coefficient (Wildman–Crippen LogP) is 4.27. The molecule has 1 saturated heterocycles. The first-order chi connectivity index (χ1) is 13.5. The van der Waals surface area contributed by atoms with Crippen molar-refractivity contribution in [2.24, 2.45) is 0 Å². The second kappa shape index (κ2) is 7.36. The number of aromatic nitrogens is 3. The molecule has 28 heavy (non-hydrogen) atoms. The Morgan fingerprint density at radius 2 is 1.75 bits per heavy atom. The zero-order valence-corrected chi connectivity index (χ0v) is 17.4. The predicted molar refractivity (Wildman–Crippen MR) is 115 cm³/mol. The number of hydrogen-bond acceptors (Lipinski definition) is 3. The second-order valence-electron chi connectivity index (χ2n) is 7.48. The van der Waals surface area contributed by atoms with Gasteiger partial charge in [-0.05, 0) is 75.8 Å². The lowest BCUT2D eigenvalue weighted by molar-refractivity contribution is 0.269. The first kappa shape index (κ1) is 18.6. The molecule has 0 spiro atoms. The Balaban J connectivity index is 1.86. The molecule has 0 aromatic carbocycles. The van der Waals surface area contributed by atoms with Gasteiger partial charge in [0.05, 0.1) is 17.8 Å². The molecule has 1 N–H and O–H groups in total. The van der Waals surface area contributed by atoms with Crippen LogP contribution in [0.5, 0.6) is 0 Å². The van der Waals surface area contributed by atoms with Gasteiger partial charge in [-0.15, -0.1) is 0 Å². The summed E-state index contributed by atoms with van der Waals surface area (Å²) in [7, 11) is 0. The van der Waals surface area contributed by atoms with Gasteiger partial charge in [0.25, 0.3) is 0 Å². The van der Waals surface area contributed by atoms with Crippen LogP contribution in [0.1, 0.15) is 48.6 Å². The lowest BCUT2D eigenvalue weighted by atomic mass is 9.96. The van der Waals surface area contributed by atoms with Gasteiger partial charge in [0, 0.05) is 29.8 Å². The fraction of sp³-hybridized carbons (Fsp3) is 0.318. The number of nitrogens with one attached hydrogen (secondary N) is 1. The number of nitrogens with zero attached hydrogens (tertiary/aromatic N) is 4. The summed E-state index contributed by atoms with van der Waals surface area (Å²) in [5, 5.41) is 4.29. The Morgan fingerprint density at radius 1 is 1.04 bits per heavy atom. The molecule has 1 fully saturated rings. The van der Waals surface area contributed by atoms with Crippen molar-refractivity contribution in [1.29, 1.82) is 0 Å². The minimum Gasteiger partial charge on any atom is -0.352 e. The monoisotopic (exact) mass is 391 g/mol. The van der Waals surface area contributed by atoms with Gasteiger partial charge in [-0.25, -0.2) is 4.98 Å². The van der Waals surface area contributed by atoms with E-state index in [1.807, 2.05) is 42.7 Å². The first-order valence-corrected chi connectivity index (χ1v) is 10.00. The smallest absolute Gasteiger partial charge is 0.170 e. The standard InChI is InChI=1S/C22H25N5S/c1-14(2)26-21(20(25-22(26)28)18-9-5-7-11-23-18)17-13-15(3)27(16(17)4)19-10-6-8-12-24-19/h5-14,20-21H,1-4H3,(H,25,28)/t20-,21+/m0/s1. The SMILES string of the molecule is Cc1cc([C@@H]2[C@H](c3ccccn3)NC(=S)N2C(C)C)c(C)n1-c1ccccn1. The van der Waals surface area contributed by atoms with Crippen molar-refractivity contribution in [2.45, 2.75) is 45.8 Å². The van der Waals surface area contributed by atoms with Gasteiger partial charge in [-0.3, -0.25) is 4.98 Å². The van der Waals surface area contributed by atoms with E-state index in [9.17, 15) is 0 Å². The molecule has 0 unspecified atom stereocenters. The molecule has 0 amide bonds. The first-order valence-electron chi connectivity index (χ1n) is 9.59. The lowest BCUT2D eigenvalue weighted by Crippen LogP contribution is -2.35. The maximum absolute atomic E-state index is 5.72. The summed E-state index contributed by atoms with van der Waals surface area (Å²) in [6, 6.07) is 14.6. The summed E-state index contributed by atoms with van der Waals surface area (Å²) in [6.07, 6.45) is 3.67. The van der Waals surface area contributed by atoms with E-state index < -0.39 is 0 Å². The molecule has 5 nitrogen and oxygen atoms in total. The fourth-order valence-electron chi connectivity index (χ4n) is 4.18. The molecular weight excluding hydrogens is 366 g/mol. The van der Waals surface area contributed by atoms with Gasteiger partial charge < -0.3 is 14.8 Å². The molecule has 4 heterocycles. The highest BCUT2D eigenvalue weighted by molar-refractivity contribution is 7.80. The van der Waals surface area contributed by atoms with E-state index in [-0.39, 0.29) is 18.1 Å². The van der Waals surface area contributed by atoms with Gasteiger partial charge in [0.1, 0.15) is 5.82 Å². The van der Waals surface area contributed by atoms with Gasteiger partial charge in [-0.1, -0.05) is 12.1 Å². The molecule has 1 aliphatic heterocycles. The molecule has 6 heteroatoms. The van der Waals surface area contributed by atoms with Crippen LogP contribution in [0.2, 0.25) is 0 Å². The Kier molecular flexibility index (Phi) is 4.89. The van der Waals surface area contributed by atoms with Crippen molar-refractivity contribution in [1.82, 2.24) is 24.8 Å². The minimum absolute atomic E-state index is 0.00813. The second-order valence-corrected chi connectivity index (χ2v) is 7.86. The Bertz CT molecular complexity index is 981.